The number of fused-ring (bicyclic) bond motifs is 1. The molecule has 0 aliphatic carbocycles. The summed E-state index contributed by atoms with van der Waals surface area (Å²) < 4.78 is 5.72. The van der Waals surface area contributed by atoms with Crippen molar-refractivity contribution in [3.63, 3.8) is 0 Å². The smallest absolute Gasteiger partial charge is 0.257 e. The van der Waals surface area contributed by atoms with Crippen LogP contribution in [0.2, 0.25) is 0 Å². The van der Waals surface area contributed by atoms with Crippen LogP contribution < -0.4 is 10.1 Å². The summed E-state index contributed by atoms with van der Waals surface area (Å²) in [6, 6.07) is 14.0. The Morgan fingerprint density at radius 3 is 2.75 bits per heavy atom. The normalized spacial score (nSPS) is 16.2. The van der Waals surface area contributed by atoms with Crippen LogP contribution in [0.25, 0.3) is 10.8 Å². The summed E-state index contributed by atoms with van der Waals surface area (Å²) in [6.45, 7) is 3.15. The van der Waals surface area contributed by atoms with E-state index in [2.05, 4.69) is 17.3 Å². The molecular weight excluding hydrogens is 300 g/mol. The van der Waals surface area contributed by atoms with Crippen LogP contribution in [0.4, 0.5) is 0 Å². The van der Waals surface area contributed by atoms with Crippen molar-refractivity contribution in [2.45, 2.75) is 19.3 Å². The number of hydrogen-bond acceptors (Lipinski definition) is 3. The third kappa shape index (κ3) is 4.48. The molecule has 1 fully saturated rings. The number of nitrogens with zero attached hydrogens (tertiary/aromatic N) is 1. The Hall–Kier alpha value is -2.07. The van der Waals surface area contributed by atoms with Gasteiger partial charge in [-0.3, -0.25) is 4.79 Å². The molecular formula is C20H26N2O2. The van der Waals surface area contributed by atoms with Crippen LogP contribution in [0.1, 0.15) is 19.3 Å². The Labute approximate surface area is 143 Å². The Bertz CT molecular complexity index is 673. The van der Waals surface area contributed by atoms with Crippen molar-refractivity contribution in [3.05, 3.63) is 42.5 Å². The minimum atomic E-state index is -0.0455. The molecule has 2 aromatic carbocycles. The molecule has 0 aromatic heterocycles. The molecule has 0 radical (unpaired) electrons. The lowest BCUT2D eigenvalue weighted by atomic mass is 9.94. The maximum Gasteiger partial charge on any atom is 0.257 e. The first-order valence-electron chi connectivity index (χ1n) is 8.78. The molecule has 1 aliphatic heterocycles. The van der Waals surface area contributed by atoms with Crippen molar-refractivity contribution in [1.82, 2.24) is 10.2 Å². The van der Waals surface area contributed by atoms with Crippen LogP contribution in [0, 0.1) is 5.92 Å². The zero-order valence-corrected chi connectivity index (χ0v) is 14.3. The third-order valence-corrected chi connectivity index (χ3v) is 4.82. The molecule has 1 aliphatic rings. The van der Waals surface area contributed by atoms with Crippen LogP contribution in [0.5, 0.6) is 5.75 Å². The number of hydrogen-bond donors (Lipinski definition) is 1. The number of nitrogens with one attached hydrogen (secondary N) is 1. The first-order valence-corrected chi connectivity index (χ1v) is 8.78. The topological polar surface area (TPSA) is 41.6 Å². The molecule has 0 atom stereocenters. The molecule has 0 unspecified atom stereocenters. The second-order valence-electron chi connectivity index (χ2n) is 6.65. The second kappa shape index (κ2) is 8.15. The molecule has 0 saturated carbocycles. The van der Waals surface area contributed by atoms with Gasteiger partial charge >= 0.3 is 0 Å². The molecule has 4 nitrogen and oxygen atoms in total. The number of carbonyl (C=O) groups is 1. The molecule has 1 heterocycles. The average molecular weight is 326 g/mol. The van der Waals surface area contributed by atoms with Gasteiger partial charge in [-0.25, -0.2) is 0 Å². The molecule has 3 rings (SSSR count). The lowest BCUT2D eigenvalue weighted by Crippen LogP contribution is -2.34. The van der Waals surface area contributed by atoms with Crippen LogP contribution in [0.3, 0.4) is 0 Å². The first-order chi connectivity index (χ1) is 11.7. The van der Waals surface area contributed by atoms with E-state index in [1.165, 1.54) is 25.9 Å². The fourth-order valence-corrected chi connectivity index (χ4v) is 3.28. The predicted molar refractivity (Wildman–Crippen MR) is 97.3 cm³/mol. The van der Waals surface area contributed by atoms with Gasteiger partial charge in [0.2, 0.25) is 0 Å². The van der Waals surface area contributed by atoms with Crippen molar-refractivity contribution < 1.29 is 9.53 Å². The highest BCUT2D eigenvalue weighted by Gasteiger charge is 2.16. The monoisotopic (exact) mass is 326 g/mol. The standard InChI is InChI=1S/C20H26N2O2/c1-22-13-10-16(11-14-22)9-12-21-20(23)15-24-19-8-4-6-17-5-2-3-7-18(17)19/h2-8,16H,9-15H2,1H3,(H,21,23). The minimum Gasteiger partial charge on any atom is -0.483 e. The molecule has 1 saturated heterocycles. The number of piperidine rings is 1. The van der Waals surface area contributed by atoms with Crippen LogP contribution in [-0.4, -0.2) is 44.1 Å². The van der Waals surface area contributed by atoms with Crippen LogP contribution in [-0.2, 0) is 4.79 Å². The number of ether oxygens (including phenoxy) is 1. The van der Waals surface area contributed by atoms with E-state index in [-0.39, 0.29) is 12.5 Å². The number of amides is 1. The summed E-state index contributed by atoms with van der Waals surface area (Å²) >= 11 is 0. The van der Waals surface area contributed by atoms with Crippen molar-refractivity contribution in [2.75, 3.05) is 33.3 Å². The summed E-state index contributed by atoms with van der Waals surface area (Å²) in [5.74, 6) is 1.45. The molecule has 0 spiro atoms. The zero-order chi connectivity index (χ0) is 16.8. The van der Waals surface area contributed by atoms with Crippen molar-refractivity contribution in [1.29, 1.82) is 0 Å². The Morgan fingerprint density at radius 2 is 1.92 bits per heavy atom. The molecule has 0 bridgehead atoms. The number of likely N-dealkylation sites (tertiary alicyclic amines) is 1. The summed E-state index contributed by atoms with van der Waals surface area (Å²) in [5, 5.41) is 5.15. The Balaban J connectivity index is 1.42. The SMILES string of the molecule is CN1CCC(CCNC(=O)COc2cccc3ccccc23)CC1. The Kier molecular flexibility index (Phi) is 5.70. The van der Waals surface area contributed by atoms with E-state index < -0.39 is 0 Å². The van der Waals surface area contributed by atoms with E-state index in [9.17, 15) is 4.79 Å². The zero-order valence-electron chi connectivity index (χ0n) is 14.3. The summed E-state index contributed by atoms with van der Waals surface area (Å²) in [5.41, 5.74) is 0. The fraction of sp³-hybridized carbons (Fsp3) is 0.450. The number of benzene rings is 2. The molecule has 24 heavy (non-hydrogen) atoms. The van der Waals surface area contributed by atoms with Gasteiger partial charge in [-0.15, -0.1) is 0 Å². The van der Waals surface area contributed by atoms with Gasteiger partial charge in [0.05, 0.1) is 0 Å². The van der Waals surface area contributed by atoms with Crippen molar-refractivity contribution >= 4 is 16.7 Å². The number of carbonyl (C=O) groups excluding carboxylic acids is 1. The van der Waals surface area contributed by atoms with Crippen LogP contribution in [0.15, 0.2) is 42.5 Å². The van der Waals surface area contributed by atoms with Gasteiger partial charge in [0.25, 0.3) is 5.91 Å². The van der Waals surface area contributed by atoms with Gasteiger partial charge in [-0.05, 0) is 56.8 Å². The average Bonchev–Trinajstić information content (AvgIpc) is 2.61. The van der Waals surface area contributed by atoms with Gasteiger partial charge in [-0.2, -0.15) is 0 Å². The van der Waals surface area contributed by atoms with E-state index in [4.69, 9.17) is 4.74 Å². The maximum absolute atomic E-state index is 12.0. The van der Waals surface area contributed by atoms with E-state index in [0.717, 1.165) is 35.4 Å². The van der Waals surface area contributed by atoms with E-state index in [1.54, 1.807) is 0 Å². The molecule has 1 N–H and O–H groups in total. The van der Waals surface area contributed by atoms with Gasteiger partial charge in [0, 0.05) is 11.9 Å². The summed E-state index contributed by atoms with van der Waals surface area (Å²) in [4.78, 5) is 14.4. The van der Waals surface area contributed by atoms with Crippen molar-refractivity contribution in [2.24, 2.45) is 5.92 Å². The highest BCUT2D eigenvalue weighted by molar-refractivity contribution is 5.88. The van der Waals surface area contributed by atoms with Gasteiger partial charge in [-0.1, -0.05) is 36.4 Å². The van der Waals surface area contributed by atoms with Crippen LogP contribution >= 0.6 is 0 Å². The Morgan fingerprint density at radius 1 is 1.17 bits per heavy atom. The predicted octanol–water partition coefficient (Wildman–Crippen LogP) is 3.07. The lowest BCUT2D eigenvalue weighted by Gasteiger charge is -2.28. The molecule has 128 valence electrons. The summed E-state index contributed by atoms with van der Waals surface area (Å²) in [6.07, 6.45) is 3.53. The quantitative estimate of drug-likeness (QED) is 0.887. The highest BCUT2D eigenvalue weighted by Crippen LogP contribution is 2.25. The lowest BCUT2D eigenvalue weighted by molar-refractivity contribution is -0.123. The highest BCUT2D eigenvalue weighted by atomic mass is 16.5. The molecule has 4 heteroatoms. The molecule has 1 amide bonds. The van der Waals surface area contributed by atoms with Gasteiger partial charge < -0.3 is 15.0 Å². The minimum absolute atomic E-state index is 0.0455. The van der Waals surface area contributed by atoms with Gasteiger partial charge in [0.1, 0.15) is 5.75 Å². The van der Waals surface area contributed by atoms with E-state index in [1.807, 2.05) is 42.5 Å². The van der Waals surface area contributed by atoms with Gasteiger partial charge in [0.15, 0.2) is 6.61 Å². The summed E-state index contributed by atoms with van der Waals surface area (Å²) in [7, 11) is 2.17. The fourth-order valence-electron chi connectivity index (χ4n) is 3.28. The third-order valence-electron chi connectivity index (χ3n) is 4.82. The largest absolute Gasteiger partial charge is 0.483 e. The molecule has 2 aromatic rings. The first kappa shape index (κ1) is 16.8. The van der Waals surface area contributed by atoms with E-state index in [0.29, 0.717) is 0 Å². The van der Waals surface area contributed by atoms with E-state index >= 15 is 0 Å². The second-order valence-corrected chi connectivity index (χ2v) is 6.65. The maximum atomic E-state index is 12.0. The van der Waals surface area contributed by atoms with Crippen molar-refractivity contribution in [3.8, 4) is 5.75 Å². The number of rotatable bonds is 6.